The summed E-state index contributed by atoms with van der Waals surface area (Å²) < 4.78 is 29.3. The van der Waals surface area contributed by atoms with Gasteiger partial charge in [-0.1, -0.05) is 25.1 Å². The lowest BCUT2D eigenvalue weighted by Gasteiger charge is -2.36. The van der Waals surface area contributed by atoms with Gasteiger partial charge in [0.15, 0.2) is 5.78 Å². The Hall–Kier alpha value is -2.42. The summed E-state index contributed by atoms with van der Waals surface area (Å²) in [5, 5.41) is 5.32. The van der Waals surface area contributed by atoms with Crippen molar-refractivity contribution >= 4 is 21.5 Å². The molecule has 8 heteroatoms. The van der Waals surface area contributed by atoms with E-state index < -0.39 is 10.0 Å². The first kappa shape index (κ1) is 24.2. The van der Waals surface area contributed by atoms with Crippen molar-refractivity contribution in [2.45, 2.75) is 37.5 Å². The summed E-state index contributed by atoms with van der Waals surface area (Å²) in [4.78, 5) is 17.3. The number of ether oxygens (including phenoxy) is 1. The van der Waals surface area contributed by atoms with E-state index in [1.54, 1.807) is 6.07 Å². The third-order valence-electron chi connectivity index (χ3n) is 5.66. The van der Waals surface area contributed by atoms with E-state index in [2.05, 4.69) is 34.1 Å². The number of anilines is 1. The number of carbonyl (C=O) groups is 1. The minimum atomic E-state index is -3.97. The number of piperazine rings is 1. The number of rotatable bonds is 11. The molecule has 0 unspecified atom stereocenters. The minimum Gasteiger partial charge on any atom is -0.492 e. The third-order valence-corrected chi connectivity index (χ3v) is 6.59. The highest BCUT2D eigenvalue weighted by Crippen LogP contribution is 2.25. The second-order valence-electron chi connectivity index (χ2n) is 8.10. The number of unbranched alkanes of at least 4 members (excludes halogenated alkanes) is 1. The number of nitrogens with zero attached hydrogens (tertiary/aromatic N) is 2. The molecule has 0 spiro atoms. The molecule has 7 nitrogen and oxygen atoms in total. The van der Waals surface area contributed by atoms with Crippen LogP contribution in [0.15, 0.2) is 53.4 Å². The van der Waals surface area contributed by atoms with Gasteiger partial charge in [-0.2, -0.15) is 0 Å². The van der Waals surface area contributed by atoms with Gasteiger partial charge in [-0.3, -0.25) is 9.69 Å². The quantitative estimate of drug-likeness (QED) is 0.409. The van der Waals surface area contributed by atoms with Crippen molar-refractivity contribution in [1.82, 2.24) is 4.90 Å². The first-order valence-corrected chi connectivity index (χ1v) is 12.8. The van der Waals surface area contributed by atoms with Crippen LogP contribution >= 0.6 is 0 Å². The lowest BCUT2D eigenvalue weighted by molar-refractivity contribution is 0.0977. The number of nitrogens with two attached hydrogens (primary N) is 1. The fourth-order valence-corrected chi connectivity index (χ4v) is 4.57. The van der Waals surface area contributed by atoms with E-state index in [1.807, 2.05) is 13.0 Å². The number of para-hydroxylation sites is 1. The number of benzene rings is 2. The van der Waals surface area contributed by atoms with Gasteiger partial charge in [-0.25, -0.2) is 13.6 Å². The molecule has 0 aliphatic carbocycles. The topological polar surface area (TPSA) is 92.9 Å². The lowest BCUT2D eigenvalue weighted by Crippen LogP contribution is -2.46. The van der Waals surface area contributed by atoms with Gasteiger partial charge in [0, 0.05) is 43.9 Å². The van der Waals surface area contributed by atoms with Gasteiger partial charge >= 0.3 is 0 Å². The summed E-state index contributed by atoms with van der Waals surface area (Å²) in [5.74, 6) is 0.117. The molecule has 1 aliphatic rings. The van der Waals surface area contributed by atoms with Gasteiger partial charge in [0.05, 0.1) is 6.61 Å². The van der Waals surface area contributed by atoms with Crippen molar-refractivity contribution in [2.24, 2.45) is 5.14 Å². The molecule has 1 fully saturated rings. The minimum absolute atomic E-state index is 0.0779. The number of Topliss-reactive ketones (excluding diaryl/α,β-unsaturated/α-hetero) is 1. The normalized spacial score (nSPS) is 15.0. The zero-order valence-electron chi connectivity index (χ0n) is 18.7. The van der Waals surface area contributed by atoms with E-state index in [9.17, 15) is 13.2 Å². The summed E-state index contributed by atoms with van der Waals surface area (Å²) in [6.07, 6.45) is 2.81. The molecule has 2 N–H and O–H groups in total. The summed E-state index contributed by atoms with van der Waals surface area (Å²) in [5.41, 5.74) is 1.62. The average Bonchev–Trinajstić information content (AvgIpc) is 2.80. The maximum atomic E-state index is 12.6. The predicted octanol–water partition coefficient (Wildman–Crippen LogP) is 3.30. The molecule has 0 radical (unpaired) electrons. The van der Waals surface area contributed by atoms with Crippen LogP contribution in [0, 0.1) is 0 Å². The van der Waals surface area contributed by atoms with Crippen LogP contribution in [0.2, 0.25) is 0 Å². The van der Waals surface area contributed by atoms with Crippen molar-refractivity contribution in [1.29, 1.82) is 0 Å². The Kier molecular flexibility index (Phi) is 8.67. The van der Waals surface area contributed by atoms with Crippen LogP contribution in [0.3, 0.4) is 0 Å². The highest BCUT2D eigenvalue weighted by atomic mass is 32.2. The van der Waals surface area contributed by atoms with Crippen LogP contribution in [-0.2, 0) is 10.0 Å². The first-order valence-electron chi connectivity index (χ1n) is 11.2. The number of primary sulfonamides is 1. The van der Waals surface area contributed by atoms with Gasteiger partial charge in [0.1, 0.15) is 10.6 Å². The molecule has 0 saturated carbocycles. The summed E-state index contributed by atoms with van der Waals surface area (Å²) in [6.45, 7) is 7.31. The van der Waals surface area contributed by atoms with Crippen molar-refractivity contribution in [3.8, 4) is 5.75 Å². The van der Waals surface area contributed by atoms with E-state index in [4.69, 9.17) is 9.88 Å². The predicted molar refractivity (Wildman–Crippen MR) is 127 cm³/mol. The Morgan fingerprint density at radius 1 is 1.03 bits per heavy atom. The Bertz CT molecular complexity index is 988. The largest absolute Gasteiger partial charge is 0.492 e. The van der Waals surface area contributed by atoms with Crippen LogP contribution in [0.5, 0.6) is 5.75 Å². The second kappa shape index (κ2) is 11.4. The molecule has 1 aliphatic heterocycles. The monoisotopic (exact) mass is 459 g/mol. The first-order chi connectivity index (χ1) is 15.4. The van der Waals surface area contributed by atoms with Crippen LogP contribution in [0.4, 0.5) is 5.69 Å². The zero-order valence-corrected chi connectivity index (χ0v) is 19.5. The molecule has 32 heavy (non-hydrogen) atoms. The summed E-state index contributed by atoms with van der Waals surface area (Å²) >= 11 is 0. The van der Waals surface area contributed by atoms with Crippen molar-refractivity contribution < 1.29 is 17.9 Å². The molecule has 1 saturated heterocycles. The Morgan fingerprint density at radius 3 is 2.41 bits per heavy atom. The molecule has 174 valence electrons. The van der Waals surface area contributed by atoms with Crippen LogP contribution in [0.25, 0.3) is 0 Å². The van der Waals surface area contributed by atoms with Gasteiger partial charge in [0.2, 0.25) is 10.0 Å². The molecular formula is C24H33N3O4S. The van der Waals surface area contributed by atoms with Crippen LogP contribution in [-0.4, -0.2) is 58.4 Å². The number of ketones is 1. The SMILES string of the molecule is CCCOc1ccc(C(=O)CCCCN2CCN(c3ccccc3)CC2)cc1S(N)(=O)=O. The average molecular weight is 460 g/mol. The summed E-state index contributed by atoms with van der Waals surface area (Å²) in [7, 11) is -3.97. The highest BCUT2D eigenvalue weighted by molar-refractivity contribution is 7.89. The highest BCUT2D eigenvalue weighted by Gasteiger charge is 2.19. The standard InChI is InChI=1S/C24H33N3O4S/c1-2-18-31-23-12-11-20(19-24(23)32(25,29)30)22(28)10-6-7-13-26-14-16-27(17-15-26)21-8-4-3-5-9-21/h3-5,8-9,11-12,19H,2,6-7,10,13-18H2,1H3,(H2,25,29,30). The second-order valence-corrected chi connectivity index (χ2v) is 9.63. The fourth-order valence-electron chi connectivity index (χ4n) is 3.87. The van der Waals surface area contributed by atoms with Crippen LogP contribution in [0.1, 0.15) is 43.0 Å². The molecule has 0 bridgehead atoms. The van der Waals surface area contributed by atoms with E-state index in [1.165, 1.54) is 17.8 Å². The van der Waals surface area contributed by atoms with E-state index in [0.29, 0.717) is 18.6 Å². The third kappa shape index (κ3) is 6.79. The molecule has 0 atom stereocenters. The molecule has 2 aromatic rings. The summed E-state index contributed by atoms with van der Waals surface area (Å²) in [6, 6.07) is 14.9. The molecular weight excluding hydrogens is 426 g/mol. The van der Waals surface area contributed by atoms with Gasteiger partial charge in [0.25, 0.3) is 0 Å². The number of carbonyl (C=O) groups excluding carboxylic acids is 1. The molecule has 0 aromatic heterocycles. The zero-order chi connectivity index (χ0) is 23.0. The molecule has 0 amide bonds. The molecule has 2 aromatic carbocycles. The number of sulfonamides is 1. The lowest BCUT2D eigenvalue weighted by atomic mass is 10.0. The smallest absolute Gasteiger partial charge is 0.241 e. The van der Waals surface area contributed by atoms with Gasteiger partial charge < -0.3 is 9.64 Å². The van der Waals surface area contributed by atoms with E-state index in [0.717, 1.165) is 52.0 Å². The van der Waals surface area contributed by atoms with Crippen molar-refractivity contribution in [3.63, 3.8) is 0 Å². The van der Waals surface area contributed by atoms with Gasteiger partial charge in [-0.05, 0) is 56.1 Å². The van der Waals surface area contributed by atoms with Crippen molar-refractivity contribution in [3.05, 3.63) is 54.1 Å². The Balaban J connectivity index is 1.45. The molecule has 1 heterocycles. The Labute approximate surface area is 191 Å². The maximum absolute atomic E-state index is 12.6. The van der Waals surface area contributed by atoms with E-state index >= 15 is 0 Å². The number of hydrogen-bond donors (Lipinski definition) is 1. The molecule has 3 rings (SSSR count). The maximum Gasteiger partial charge on any atom is 0.241 e. The Morgan fingerprint density at radius 2 is 1.75 bits per heavy atom. The van der Waals surface area contributed by atoms with Crippen LogP contribution < -0.4 is 14.8 Å². The van der Waals surface area contributed by atoms with Gasteiger partial charge in [-0.15, -0.1) is 0 Å². The van der Waals surface area contributed by atoms with E-state index in [-0.39, 0.29) is 16.4 Å². The fraction of sp³-hybridized carbons (Fsp3) is 0.458. The van der Waals surface area contributed by atoms with Crippen molar-refractivity contribution in [2.75, 3.05) is 44.2 Å². The number of hydrogen-bond acceptors (Lipinski definition) is 6.